The molecule has 4 aromatic rings. The molecular formula is C20H14N2O2S2. The molecule has 4 rings (SSSR count). The zero-order valence-electron chi connectivity index (χ0n) is 13.9. The van der Waals surface area contributed by atoms with Crippen LogP contribution in [0.4, 0.5) is 0 Å². The molecule has 0 saturated carbocycles. The van der Waals surface area contributed by atoms with Crippen molar-refractivity contribution < 1.29 is 9.90 Å². The zero-order valence-corrected chi connectivity index (χ0v) is 15.5. The summed E-state index contributed by atoms with van der Waals surface area (Å²) >= 11 is 3.24. The van der Waals surface area contributed by atoms with E-state index in [-0.39, 0.29) is 5.57 Å². The summed E-state index contributed by atoms with van der Waals surface area (Å²) in [6.45, 7) is 3.06. The summed E-state index contributed by atoms with van der Waals surface area (Å²) in [7, 11) is 0. The molecule has 128 valence electrons. The van der Waals surface area contributed by atoms with Crippen LogP contribution in [0.25, 0.3) is 36.9 Å². The Hall–Kier alpha value is -2.88. The van der Waals surface area contributed by atoms with Gasteiger partial charge in [0, 0.05) is 37.5 Å². The molecule has 0 saturated heterocycles. The lowest BCUT2D eigenvalue weighted by atomic mass is 10.2. The number of hydrogen-bond acceptors (Lipinski definition) is 4. The standard InChI is InChI=1S/C20H14N2O2S2/c1-2-22-16-6-4-3-5-14(16)15-10-18(26-19(15)22)17-8-7-13(25-17)9-12(11-21)20(23)24/h3-10H,2H2,1H3,(H,23,24)/b12-9+. The van der Waals surface area contributed by atoms with Crippen molar-refractivity contribution in [1.82, 2.24) is 4.57 Å². The Labute approximate surface area is 157 Å². The molecule has 0 radical (unpaired) electrons. The highest BCUT2D eigenvalue weighted by Gasteiger charge is 2.15. The molecule has 26 heavy (non-hydrogen) atoms. The van der Waals surface area contributed by atoms with Crippen LogP contribution in [-0.4, -0.2) is 15.6 Å². The lowest BCUT2D eigenvalue weighted by Gasteiger charge is -2.01. The number of carboxylic acids is 1. The van der Waals surface area contributed by atoms with E-state index >= 15 is 0 Å². The van der Waals surface area contributed by atoms with Crippen LogP contribution in [0.5, 0.6) is 0 Å². The summed E-state index contributed by atoms with van der Waals surface area (Å²) in [5.41, 5.74) is 0.996. The number of carbonyl (C=O) groups is 1. The van der Waals surface area contributed by atoms with Gasteiger partial charge >= 0.3 is 5.97 Å². The number of aryl methyl sites for hydroxylation is 1. The molecular weight excluding hydrogens is 364 g/mol. The topological polar surface area (TPSA) is 66.0 Å². The zero-order chi connectivity index (χ0) is 18.3. The number of fused-ring (bicyclic) bond motifs is 3. The van der Waals surface area contributed by atoms with E-state index < -0.39 is 5.97 Å². The van der Waals surface area contributed by atoms with Crippen LogP contribution in [0.3, 0.4) is 0 Å². The van der Waals surface area contributed by atoms with Crippen molar-refractivity contribution >= 4 is 55.8 Å². The Morgan fingerprint density at radius 1 is 1.19 bits per heavy atom. The van der Waals surface area contributed by atoms with Crippen molar-refractivity contribution in [3.05, 3.63) is 52.9 Å². The number of rotatable bonds is 4. The molecule has 0 aliphatic rings. The highest BCUT2D eigenvalue weighted by molar-refractivity contribution is 7.26. The number of carboxylic acid groups (broad SMARTS) is 1. The van der Waals surface area contributed by atoms with Crippen molar-refractivity contribution in [1.29, 1.82) is 5.26 Å². The highest BCUT2D eigenvalue weighted by Crippen LogP contribution is 2.41. The predicted molar refractivity (Wildman–Crippen MR) is 108 cm³/mol. The lowest BCUT2D eigenvalue weighted by molar-refractivity contribution is -0.132. The minimum atomic E-state index is -1.20. The molecule has 1 aromatic carbocycles. The summed E-state index contributed by atoms with van der Waals surface area (Å²) in [6.07, 6.45) is 1.42. The molecule has 6 heteroatoms. The Morgan fingerprint density at radius 2 is 2.00 bits per heavy atom. The van der Waals surface area contributed by atoms with Gasteiger partial charge in [0.2, 0.25) is 0 Å². The first-order valence-corrected chi connectivity index (χ1v) is 9.71. The van der Waals surface area contributed by atoms with Gasteiger partial charge in [-0.2, -0.15) is 5.26 Å². The molecule has 0 bridgehead atoms. The fraction of sp³-hybridized carbons (Fsp3) is 0.100. The van der Waals surface area contributed by atoms with Gasteiger partial charge in [-0.25, -0.2) is 4.79 Å². The Morgan fingerprint density at radius 3 is 2.73 bits per heavy atom. The largest absolute Gasteiger partial charge is 0.477 e. The summed E-state index contributed by atoms with van der Waals surface area (Å²) in [5.74, 6) is -1.20. The maximum atomic E-state index is 11.0. The van der Waals surface area contributed by atoms with E-state index in [0.717, 1.165) is 21.2 Å². The molecule has 0 unspecified atom stereocenters. The smallest absolute Gasteiger partial charge is 0.346 e. The minimum absolute atomic E-state index is 0.252. The molecule has 0 spiro atoms. The Balaban J connectivity index is 1.81. The number of thiophene rings is 2. The van der Waals surface area contributed by atoms with E-state index in [9.17, 15) is 4.79 Å². The van der Waals surface area contributed by atoms with Crippen LogP contribution >= 0.6 is 22.7 Å². The monoisotopic (exact) mass is 378 g/mol. The average Bonchev–Trinajstić information content (AvgIpc) is 3.33. The molecule has 3 heterocycles. The van der Waals surface area contributed by atoms with Gasteiger partial charge in [0.1, 0.15) is 16.5 Å². The van der Waals surface area contributed by atoms with Crippen LogP contribution < -0.4 is 0 Å². The second-order valence-corrected chi connectivity index (χ2v) is 7.91. The third kappa shape index (κ3) is 2.62. The minimum Gasteiger partial charge on any atom is -0.477 e. The first kappa shape index (κ1) is 16.6. The highest BCUT2D eigenvalue weighted by atomic mass is 32.1. The van der Waals surface area contributed by atoms with Crippen molar-refractivity contribution in [3.8, 4) is 15.8 Å². The van der Waals surface area contributed by atoms with E-state index in [1.165, 1.54) is 38.5 Å². The fourth-order valence-corrected chi connectivity index (χ4v) is 5.39. The van der Waals surface area contributed by atoms with Gasteiger partial charge in [-0.3, -0.25) is 0 Å². The van der Waals surface area contributed by atoms with Crippen molar-refractivity contribution in [3.63, 3.8) is 0 Å². The van der Waals surface area contributed by atoms with Crippen molar-refractivity contribution in [2.75, 3.05) is 0 Å². The summed E-state index contributed by atoms with van der Waals surface area (Å²) in [5, 5.41) is 20.4. The molecule has 0 fully saturated rings. The average molecular weight is 378 g/mol. The SMILES string of the molecule is CCn1c2ccccc2c2cc(-c3ccc(/C=C(\C#N)C(=O)O)s3)sc21. The number of nitriles is 1. The molecule has 0 amide bonds. The van der Waals surface area contributed by atoms with Crippen molar-refractivity contribution in [2.45, 2.75) is 13.5 Å². The van der Waals surface area contributed by atoms with E-state index in [1.54, 1.807) is 17.4 Å². The van der Waals surface area contributed by atoms with Crippen LogP contribution in [0, 0.1) is 11.3 Å². The first-order valence-electron chi connectivity index (χ1n) is 8.08. The normalized spacial score (nSPS) is 11.9. The van der Waals surface area contributed by atoms with Crippen LogP contribution in [-0.2, 0) is 11.3 Å². The molecule has 0 aliphatic carbocycles. The Bertz CT molecular complexity index is 1220. The van der Waals surface area contributed by atoms with E-state index in [4.69, 9.17) is 10.4 Å². The molecule has 3 aromatic heterocycles. The van der Waals surface area contributed by atoms with Gasteiger partial charge < -0.3 is 9.67 Å². The number of hydrogen-bond donors (Lipinski definition) is 1. The summed E-state index contributed by atoms with van der Waals surface area (Å²) in [6, 6.07) is 16.2. The maximum Gasteiger partial charge on any atom is 0.346 e. The second-order valence-electron chi connectivity index (χ2n) is 5.77. The molecule has 1 N–H and O–H groups in total. The number of benzene rings is 1. The molecule has 4 nitrogen and oxygen atoms in total. The van der Waals surface area contributed by atoms with Gasteiger partial charge in [-0.05, 0) is 37.3 Å². The molecule has 0 aliphatic heterocycles. The number of aliphatic carboxylic acids is 1. The van der Waals surface area contributed by atoms with Gasteiger partial charge in [-0.15, -0.1) is 22.7 Å². The maximum absolute atomic E-state index is 11.0. The van der Waals surface area contributed by atoms with Gasteiger partial charge in [0.25, 0.3) is 0 Å². The first-order chi connectivity index (χ1) is 12.6. The quantitative estimate of drug-likeness (QED) is 0.371. The van der Waals surface area contributed by atoms with E-state index in [0.29, 0.717) is 0 Å². The van der Waals surface area contributed by atoms with Gasteiger partial charge in [0.15, 0.2) is 0 Å². The van der Waals surface area contributed by atoms with Crippen LogP contribution in [0.15, 0.2) is 48.0 Å². The van der Waals surface area contributed by atoms with Crippen LogP contribution in [0.1, 0.15) is 11.8 Å². The van der Waals surface area contributed by atoms with E-state index in [2.05, 4.69) is 41.8 Å². The third-order valence-corrected chi connectivity index (χ3v) is 6.65. The lowest BCUT2D eigenvalue weighted by Crippen LogP contribution is -1.96. The molecule has 0 atom stereocenters. The number of aromatic nitrogens is 1. The predicted octanol–water partition coefficient (Wildman–Crippen LogP) is 5.60. The summed E-state index contributed by atoms with van der Waals surface area (Å²) < 4.78 is 2.32. The number of nitrogens with zero attached hydrogens (tertiary/aromatic N) is 2. The van der Waals surface area contributed by atoms with Gasteiger partial charge in [-0.1, -0.05) is 18.2 Å². The summed E-state index contributed by atoms with van der Waals surface area (Å²) in [4.78, 5) is 15.2. The third-order valence-electron chi connectivity index (χ3n) is 4.27. The van der Waals surface area contributed by atoms with Crippen LogP contribution in [0.2, 0.25) is 0 Å². The second kappa shape index (κ2) is 6.45. The van der Waals surface area contributed by atoms with Gasteiger partial charge in [0.05, 0.1) is 0 Å². The van der Waals surface area contributed by atoms with E-state index in [1.807, 2.05) is 12.1 Å². The van der Waals surface area contributed by atoms with Crippen molar-refractivity contribution in [2.24, 2.45) is 0 Å². The Kier molecular flexibility index (Phi) is 4.11. The number of para-hydroxylation sites is 1. The fourth-order valence-electron chi connectivity index (χ4n) is 3.10.